The van der Waals surface area contributed by atoms with Crippen molar-refractivity contribution in [1.29, 1.82) is 0 Å². The zero-order valence-electron chi connectivity index (χ0n) is 11.8. The molecule has 0 saturated heterocycles. The number of hydrogen-bond acceptors (Lipinski definition) is 5. The summed E-state index contributed by atoms with van der Waals surface area (Å²) in [5.41, 5.74) is 3.83. The van der Waals surface area contributed by atoms with Crippen LogP contribution < -0.4 is 0 Å². The summed E-state index contributed by atoms with van der Waals surface area (Å²) in [5, 5.41) is 8.85. The minimum absolute atomic E-state index is 0.527. The standard InChI is InChI=1S/C14H16N4OS/c1-4-7-20-14-17-16-13(19-14)12-10(3)15-11-6-5-9(2)8-18(11)12/h5-6,8H,4,7H2,1-3H3. The number of imidazole rings is 1. The third-order valence-corrected chi connectivity index (χ3v) is 4.00. The highest BCUT2D eigenvalue weighted by molar-refractivity contribution is 7.99. The van der Waals surface area contributed by atoms with Crippen LogP contribution in [0.4, 0.5) is 0 Å². The van der Waals surface area contributed by atoms with Crippen molar-refractivity contribution in [2.45, 2.75) is 32.4 Å². The first-order valence-corrected chi connectivity index (χ1v) is 7.59. The zero-order chi connectivity index (χ0) is 14.1. The molecule has 3 aromatic heterocycles. The van der Waals surface area contributed by atoms with Gasteiger partial charge in [0.1, 0.15) is 11.3 Å². The van der Waals surface area contributed by atoms with E-state index in [4.69, 9.17) is 4.42 Å². The molecule has 0 bridgehead atoms. The van der Waals surface area contributed by atoms with Crippen molar-refractivity contribution >= 4 is 17.4 Å². The average molecular weight is 288 g/mol. The Labute approximate surface area is 121 Å². The molecule has 20 heavy (non-hydrogen) atoms. The molecule has 104 valence electrons. The average Bonchev–Trinajstić information content (AvgIpc) is 2.99. The lowest BCUT2D eigenvalue weighted by atomic mass is 10.3. The van der Waals surface area contributed by atoms with Crippen molar-refractivity contribution in [2.75, 3.05) is 5.75 Å². The van der Waals surface area contributed by atoms with Gasteiger partial charge in [-0.15, -0.1) is 10.2 Å². The van der Waals surface area contributed by atoms with Crippen molar-refractivity contribution in [1.82, 2.24) is 19.6 Å². The summed E-state index contributed by atoms with van der Waals surface area (Å²) in [5.74, 6) is 1.51. The summed E-state index contributed by atoms with van der Waals surface area (Å²) < 4.78 is 7.75. The van der Waals surface area contributed by atoms with Gasteiger partial charge >= 0.3 is 0 Å². The lowest BCUT2D eigenvalue weighted by molar-refractivity contribution is 0.464. The number of aryl methyl sites for hydroxylation is 2. The van der Waals surface area contributed by atoms with E-state index < -0.39 is 0 Å². The van der Waals surface area contributed by atoms with Crippen molar-refractivity contribution in [3.05, 3.63) is 29.6 Å². The molecule has 0 atom stereocenters. The van der Waals surface area contributed by atoms with Gasteiger partial charge in [0, 0.05) is 11.9 Å². The molecule has 0 spiro atoms. The normalized spacial score (nSPS) is 11.3. The Morgan fingerprint density at radius 3 is 2.90 bits per heavy atom. The Morgan fingerprint density at radius 1 is 1.25 bits per heavy atom. The van der Waals surface area contributed by atoms with E-state index in [0.29, 0.717) is 11.1 Å². The van der Waals surface area contributed by atoms with Crippen LogP contribution in [0.25, 0.3) is 17.2 Å². The summed E-state index contributed by atoms with van der Waals surface area (Å²) in [6, 6.07) is 4.04. The van der Waals surface area contributed by atoms with Gasteiger partial charge in [0.05, 0.1) is 5.69 Å². The predicted octanol–water partition coefficient (Wildman–Crippen LogP) is 3.50. The van der Waals surface area contributed by atoms with Gasteiger partial charge < -0.3 is 4.42 Å². The van der Waals surface area contributed by atoms with Gasteiger partial charge in [-0.2, -0.15) is 0 Å². The summed E-state index contributed by atoms with van der Waals surface area (Å²) in [6.07, 6.45) is 3.12. The van der Waals surface area contributed by atoms with E-state index in [9.17, 15) is 0 Å². The first kappa shape index (κ1) is 13.2. The molecule has 3 heterocycles. The SMILES string of the molecule is CCCSc1nnc(-c2c(C)nc3ccc(C)cn23)o1. The van der Waals surface area contributed by atoms with Crippen molar-refractivity contribution in [3.63, 3.8) is 0 Å². The van der Waals surface area contributed by atoms with Gasteiger partial charge in [-0.25, -0.2) is 4.98 Å². The van der Waals surface area contributed by atoms with Crippen molar-refractivity contribution in [2.24, 2.45) is 0 Å². The molecule has 0 aliphatic heterocycles. The maximum atomic E-state index is 5.74. The van der Waals surface area contributed by atoms with E-state index >= 15 is 0 Å². The van der Waals surface area contributed by atoms with E-state index in [0.717, 1.165) is 34.8 Å². The molecule has 0 fully saturated rings. The molecule has 3 aromatic rings. The van der Waals surface area contributed by atoms with Crippen molar-refractivity contribution in [3.8, 4) is 11.6 Å². The molecule has 0 aromatic carbocycles. The van der Waals surface area contributed by atoms with Crippen LogP contribution in [0.2, 0.25) is 0 Å². The molecule has 3 rings (SSSR count). The maximum absolute atomic E-state index is 5.74. The summed E-state index contributed by atoms with van der Waals surface area (Å²) in [6.45, 7) is 6.14. The molecule has 0 aliphatic rings. The number of fused-ring (bicyclic) bond motifs is 1. The minimum Gasteiger partial charge on any atom is -0.410 e. The number of thioether (sulfide) groups is 1. The van der Waals surface area contributed by atoms with Crippen LogP contribution in [0.3, 0.4) is 0 Å². The van der Waals surface area contributed by atoms with Crippen molar-refractivity contribution < 1.29 is 4.42 Å². The highest BCUT2D eigenvalue weighted by Crippen LogP contribution is 2.27. The largest absolute Gasteiger partial charge is 0.410 e. The molecule has 0 N–H and O–H groups in total. The van der Waals surface area contributed by atoms with E-state index in [2.05, 4.69) is 29.0 Å². The summed E-state index contributed by atoms with van der Waals surface area (Å²) >= 11 is 1.58. The first-order valence-electron chi connectivity index (χ1n) is 6.61. The molecule has 5 nitrogen and oxygen atoms in total. The first-order chi connectivity index (χ1) is 9.69. The predicted molar refractivity (Wildman–Crippen MR) is 79.0 cm³/mol. The van der Waals surface area contributed by atoms with Gasteiger partial charge in [-0.3, -0.25) is 4.40 Å². The monoisotopic (exact) mass is 288 g/mol. The second-order valence-corrected chi connectivity index (χ2v) is 5.75. The molecule has 6 heteroatoms. The Morgan fingerprint density at radius 2 is 2.10 bits per heavy atom. The molecular formula is C14H16N4OS. The lowest BCUT2D eigenvalue weighted by Crippen LogP contribution is -1.90. The molecule has 0 saturated carbocycles. The second-order valence-electron chi connectivity index (χ2n) is 4.70. The topological polar surface area (TPSA) is 56.2 Å². The summed E-state index contributed by atoms with van der Waals surface area (Å²) in [4.78, 5) is 4.53. The van der Waals surface area contributed by atoms with Gasteiger partial charge in [-0.1, -0.05) is 24.8 Å². The Balaban J connectivity index is 2.06. The molecular weight excluding hydrogens is 272 g/mol. The third kappa shape index (κ3) is 2.31. The van der Waals surface area contributed by atoms with E-state index in [1.807, 2.05) is 29.7 Å². The molecule has 0 unspecified atom stereocenters. The van der Waals surface area contributed by atoms with Crippen LogP contribution in [0.5, 0.6) is 0 Å². The fraction of sp³-hybridized carbons (Fsp3) is 0.357. The van der Waals surface area contributed by atoms with Gasteiger partial charge in [0.15, 0.2) is 0 Å². The molecule has 0 aliphatic carbocycles. The number of nitrogens with zero attached hydrogens (tertiary/aromatic N) is 4. The minimum atomic E-state index is 0.527. The van der Waals surface area contributed by atoms with E-state index in [1.54, 1.807) is 11.8 Å². The second kappa shape index (κ2) is 5.28. The molecule has 0 amide bonds. The van der Waals surface area contributed by atoms with Crippen LogP contribution in [0.1, 0.15) is 24.6 Å². The lowest BCUT2D eigenvalue weighted by Gasteiger charge is -1.99. The number of aromatic nitrogens is 4. The fourth-order valence-corrected chi connectivity index (χ4v) is 2.69. The van der Waals surface area contributed by atoms with Gasteiger partial charge in [0.25, 0.3) is 11.1 Å². The van der Waals surface area contributed by atoms with E-state index in [1.165, 1.54) is 0 Å². The molecule has 0 radical (unpaired) electrons. The number of rotatable bonds is 4. The van der Waals surface area contributed by atoms with Gasteiger partial charge in [-0.05, 0) is 31.9 Å². The highest BCUT2D eigenvalue weighted by Gasteiger charge is 2.17. The number of pyridine rings is 1. The maximum Gasteiger partial charge on any atom is 0.276 e. The van der Waals surface area contributed by atoms with Crippen LogP contribution in [0.15, 0.2) is 28.0 Å². The summed E-state index contributed by atoms with van der Waals surface area (Å²) in [7, 11) is 0. The smallest absolute Gasteiger partial charge is 0.276 e. The quantitative estimate of drug-likeness (QED) is 0.688. The van der Waals surface area contributed by atoms with E-state index in [-0.39, 0.29) is 0 Å². The number of hydrogen-bond donors (Lipinski definition) is 0. The van der Waals surface area contributed by atoms with Crippen LogP contribution in [-0.2, 0) is 0 Å². The van der Waals surface area contributed by atoms with Crippen LogP contribution >= 0.6 is 11.8 Å². The van der Waals surface area contributed by atoms with Crippen LogP contribution in [0, 0.1) is 13.8 Å². The Kier molecular flexibility index (Phi) is 3.48. The fourth-order valence-electron chi connectivity index (χ4n) is 2.08. The van der Waals surface area contributed by atoms with Gasteiger partial charge in [0.2, 0.25) is 0 Å². The highest BCUT2D eigenvalue weighted by atomic mass is 32.2. The third-order valence-electron chi connectivity index (χ3n) is 2.98. The van der Waals surface area contributed by atoms with Crippen LogP contribution in [-0.4, -0.2) is 25.3 Å². The Hall–Kier alpha value is -1.82. The zero-order valence-corrected chi connectivity index (χ0v) is 12.6. The Bertz CT molecular complexity index is 747.